The maximum Gasteiger partial charge on any atom is 0.225 e. The minimum Gasteiger partial charge on any atom is -0.379 e. The van der Waals surface area contributed by atoms with Crippen molar-refractivity contribution in [1.82, 2.24) is 10.1 Å². The summed E-state index contributed by atoms with van der Waals surface area (Å²) < 4.78 is 10.2. The van der Waals surface area contributed by atoms with Crippen LogP contribution < -0.4 is 5.32 Å². The number of aryl methyl sites for hydroxylation is 1. The maximum atomic E-state index is 11.7. The number of unbranched alkanes of at least 4 members (excludes halogenated alkanes) is 2. The molecule has 0 aromatic carbocycles. The second-order valence-electron chi connectivity index (χ2n) is 5.14. The fourth-order valence-corrected chi connectivity index (χ4v) is 2.25. The Morgan fingerprint density at radius 1 is 1.35 bits per heavy atom. The molecule has 1 N–H and O–H groups in total. The van der Waals surface area contributed by atoms with E-state index in [1.165, 1.54) is 0 Å². The molecule has 112 valence electrons. The highest BCUT2D eigenvalue weighted by Crippen LogP contribution is 2.09. The van der Waals surface area contributed by atoms with E-state index in [4.69, 9.17) is 9.26 Å². The van der Waals surface area contributed by atoms with Crippen LogP contribution in [0.2, 0.25) is 0 Å². The quantitative estimate of drug-likeness (QED) is 0.772. The standard InChI is InChI=1S/C14H23N3O3/c1-12-11-13(16-20-12)15-14(18)5-3-2-4-6-17-7-9-19-10-8-17/h11H,2-10H2,1H3,(H,15,16,18). The van der Waals surface area contributed by atoms with Gasteiger partial charge in [0.05, 0.1) is 13.2 Å². The Labute approximate surface area is 119 Å². The predicted molar refractivity (Wildman–Crippen MR) is 75.6 cm³/mol. The molecule has 6 nitrogen and oxygen atoms in total. The third-order valence-electron chi connectivity index (χ3n) is 3.38. The summed E-state index contributed by atoms with van der Waals surface area (Å²) in [5.74, 6) is 1.20. The first-order valence-corrected chi connectivity index (χ1v) is 7.27. The van der Waals surface area contributed by atoms with Crippen LogP contribution in [-0.4, -0.2) is 48.8 Å². The molecule has 1 saturated heterocycles. The van der Waals surface area contributed by atoms with Crippen LogP contribution in [0.4, 0.5) is 5.82 Å². The summed E-state index contributed by atoms with van der Waals surface area (Å²) in [6.07, 6.45) is 3.65. The van der Waals surface area contributed by atoms with Crippen molar-refractivity contribution in [2.45, 2.75) is 32.6 Å². The number of hydrogen-bond acceptors (Lipinski definition) is 5. The molecule has 0 aliphatic carbocycles. The number of morpholine rings is 1. The third-order valence-corrected chi connectivity index (χ3v) is 3.38. The minimum atomic E-state index is 0.00433. The highest BCUT2D eigenvalue weighted by molar-refractivity contribution is 5.89. The average Bonchev–Trinajstić information content (AvgIpc) is 2.85. The van der Waals surface area contributed by atoms with Crippen LogP contribution in [0.3, 0.4) is 0 Å². The van der Waals surface area contributed by atoms with Crippen LogP contribution in [0.5, 0.6) is 0 Å². The van der Waals surface area contributed by atoms with Crippen LogP contribution >= 0.6 is 0 Å². The topological polar surface area (TPSA) is 67.6 Å². The van der Waals surface area contributed by atoms with E-state index >= 15 is 0 Å². The van der Waals surface area contributed by atoms with Crippen LogP contribution in [-0.2, 0) is 9.53 Å². The first-order valence-electron chi connectivity index (χ1n) is 7.27. The highest BCUT2D eigenvalue weighted by atomic mass is 16.5. The number of nitrogens with one attached hydrogen (secondary N) is 1. The molecule has 0 spiro atoms. The molecule has 1 fully saturated rings. The Balaban J connectivity index is 1.51. The molecular weight excluding hydrogens is 258 g/mol. The van der Waals surface area contributed by atoms with E-state index in [-0.39, 0.29) is 5.91 Å². The molecule has 1 aromatic heterocycles. The number of anilines is 1. The van der Waals surface area contributed by atoms with E-state index in [0.717, 1.165) is 52.1 Å². The molecule has 1 aromatic rings. The fraction of sp³-hybridized carbons (Fsp3) is 0.714. The van der Waals surface area contributed by atoms with Crippen LogP contribution in [0.25, 0.3) is 0 Å². The Bertz CT molecular complexity index is 414. The van der Waals surface area contributed by atoms with E-state index in [1.807, 2.05) is 0 Å². The van der Waals surface area contributed by atoms with Gasteiger partial charge in [0.1, 0.15) is 5.76 Å². The number of carbonyl (C=O) groups is 1. The van der Waals surface area contributed by atoms with Crippen LogP contribution in [0.15, 0.2) is 10.6 Å². The Morgan fingerprint density at radius 2 is 2.15 bits per heavy atom. The van der Waals surface area contributed by atoms with Gasteiger partial charge in [-0.25, -0.2) is 0 Å². The van der Waals surface area contributed by atoms with Crippen molar-refractivity contribution in [2.24, 2.45) is 0 Å². The third kappa shape index (κ3) is 5.30. The summed E-state index contributed by atoms with van der Waals surface area (Å²) >= 11 is 0. The van der Waals surface area contributed by atoms with Gasteiger partial charge >= 0.3 is 0 Å². The monoisotopic (exact) mass is 281 g/mol. The Kier molecular flexibility index (Phi) is 6.01. The van der Waals surface area contributed by atoms with Crippen molar-refractivity contribution in [3.8, 4) is 0 Å². The van der Waals surface area contributed by atoms with Gasteiger partial charge in [0.2, 0.25) is 5.91 Å². The Hall–Kier alpha value is -1.40. The summed E-state index contributed by atoms with van der Waals surface area (Å²) in [4.78, 5) is 14.1. The number of amides is 1. The molecule has 20 heavy (non-hydrogen) atoms. The van der Waals surface area contributed by atoms with Crippen molar-refractivity contribution in [1.29, 1.82) is 0 Å². The van der Waals surface area contributed by atoms with Gasteiger partial charge in [0, 0.05) is 25.6 Å². The smallest absolute Gasteiger partial charge is 0.225 e. The molecular formula is C14H23N3O3. The summed E-state index contributed by atoms with van der Waals surface area (Å²) in [6.45, 7) is 6.67. The van der Waals surface area contributed by atoms with Gasteiger partial charge in [0.25, 0.3) is 0 Å². The molecule has 2 heterocycles. The van der Waals surface area contributed by atoms with E-state index in [9.17, 15) is 4.79 Å². The fourth-order valence-electron chi connectivity index (χ4n) is 2.25. The lowest BCUT2D eigenvalue weighted by atomic mass is 10.2. The van der Waals surface area contributed by atoms with Crippen molar-refractivity contribution < 1.29 is 14.1 Å². The van der Waals surface area contributed by atoms with Gasteiger partial charge in [-0.05, 0) is 26.3 Å². The average molecular weight is 281 g/mol. The summed E-state index contributed by atoms with van der Waals surface area (Å²) in [5.41, 5.74) is 0. The summed E-state index contributed by atoms with van der Waals surface area (Å²) in [5, 5.41) is 6.47. The van der Waals surface area contributed by atoms with Gasteiger partial charge < -0.3 is 14.6 Å². The van der Waals surface area contributed by atoms with Crippen molar-refractivity contribution in [2.75, 3.05) is 38.2 Å². The van der Waals surface area contributed by atoms with Gasteiger partial charge in [-0.2, -0.15) is 0 Å². The zero-order valence-corrected chi connectivity index (χ0v) is 12.1. The molecule has 0 atom stereocenters. The first-order chi connectivity index (χ1) is 9.74. The zero-order valence-electron chi connectivity index (χ0n) is 12.1. The van der Waals surface area contributed by atoms with E-state index in [0.29, 0.717) is 18.0 Å². The van der Waals surface area contributed by atoms with Crippen molar-refractivity contribution in [3.63, 3.8) is 0 Å². The molecule has 0 saturated carbocycles. The van der Waals surface area contributed by atoms with E-state index < -0.39 is 0 Å². The molecule has 1 amide bonds. The molecule has 0 bridgehead atoms. The number of carbonyl (C=O) groups excluding carboxylic acids is 1. The molecule has 0 unspecified atom stereocenters. The highest BCUT2D eigenvalue weighted by Gasteiger charge is 2.09. The predicted octanol–water partition coefficient (Wildman–Crippen LogP) is 1.81. The molecule has 1 aliphatic heterocycles. The lowest BCUT2D eigenvalue weighted by molar-refractivity contribution is -0.116. The number of hydrogen-bond donors (Lipinski definition) is 1. The summed E-state index contributed by atoms with van der Waals surface area (Å²) in [6, 6.07) is 1.72. The lowest BCUT2D eigenvalue weighted by Crippen LogP contribution is -2.36. The first kappa shape index (κ1) is 15.0. The SMILES string of the molecule is Cc1cc(NC(=O)CCCCCN2CCOCC2)no1. The largest absolute Gasteiger partial charge is 0.379 e. The second kappa shape index (κ2) is 8.01. The number of ether oxygens (including phenoxy) is 1. The maximum absolute atomic E-state index is 11.7. The number of nitrogens with zero attached hydrogens (tertiary/aromatic N) is 2. The van der Waals surface area contributed by atoms with Gasteiger partial charge in [-0.3, -0.25) is 9.69 Å². The normalized spacial score (nSPS) is 16.2. The second-order valence-corrected chi connectivity index (χ2v) is 5.14. The number of aromatic nitrogens is 1. The van der Waals surface area contributed by atoms with Gasteiger partial charge in [-0.1, -0.05) is 11.6 Å². The van der Waals surface area contributed by atoms with E-state index in [2.05, 4.69) is 15.4 Å². The Morgan fingerprint density at radius 3 is 2.85 bits per heavy atom. The molecule has 2 rings (SSSR count). The van der Waals surface area contributed by atoms with Gasteiger partial charge in [-0.15, -0.1) is 0 Å². The minimum absolute atomic E-state index is 0.00433. The molecule has 0 radical (unpaired) electrons. The number of rotatable bonds is 7. The van der Waals surface area contributed by atoms with Crippen molar-refractivity contribution >= 4 is 11.7 Å². The van der Waals surface area contributed by atoms with Crippen LogP contribution in [0.1, 0.15) is 31.4 Å². The lowest BCUT2D eigenvalue weighted by Gasteiger charge is -2.26. The van der Waals surface area contributed by atoms with E-state index in [1.54, 1.807) is 13.0 Å². The summed E-state index contributed by atoms with van der Waals surface area (Å²) in [7, 11) is 0. The molecule has 1 aliphatic rings. The van der Waals surface area contributed by atoms with Gasteiger partial charge in [0.15, 0.2) is 5.82 Å². The molecule has 6 heteroatoms. The van der Waals surface area contributed by atoms with Crippen LogP contribution in [0, 0.1) is 6.92 Å². The van der Waals surface area contributed by atoms with Crippen molar-refractivity contribution in [3.05, 3.63) is 11.8 Å². The zero-order chi connectivity index (χ0) is 14.2.